The van der Waals surface area contributed by atoms with Crippen molar-refractivity contribution in [2.75, 3.05) is 6.61 Å². The van der Waals surface area contributed by atoms with Crippen LogP contribution in [0.3, 0.4) is 0 Å². The first kappa shape index (κ1) is 15.7. The second kappa shape index (κ2) is 6.41. The summed E-state index contributed by atoms with van der Waals surface area (Å²) in [5.74, 6) is -2.72. The third kappa shape index (κ3) is 4.15. The van der Waals surface area contributed by atoms with Gasteiger partial charge in [-0.1, -0.05) is 0 Å². The van der Waals surface area contributed by atoms with Gasteiger partial charge >= 0.3 is 6.36 Å². The highest BCUT2D eigenvalue weighted by molar-refractivity contribution is 5.47. The Labute approximate surface area is 119 Å². The molecule has 0 aliphatic heterocycles. The van der Waals surface area contributed by atoms with Crippen molar-refractivity contribution in [2.45, 2.75) is 45.1 Å². The minimum atomic E-state index is -5.00. The van der Waals surface area contributed by atoms with Crippen LogP contribution < -0.4 is 14.2 Å². The monoisotopic (exact) mass is 308 g/mol. The largest absolute Gasteiger partial charge is 0.573 e. The summed E-state index contributed by atoms with van der Waals surface area (Å²) in [6.07, 6.45) is -1.85. The van der Waals surface area contributed by atoms with Crippen LogP contribution >= 0.6 is 0 Å². The van der Waals surface area contributed by atoms with Crippen LogP contribution in [0, 0.1) is 5.82 Å². The molecule has 7 heteroatoms. The lowest BCUT2D eigenvalue weighted by Crippen LogP contribution is -2.20. The quantitative estimate of drug-likeness (QED) is 0.752. The van der Waals surface area contributed by atoms with Gasteiger partial charge in [-0.3, -0.25) is 0 Å². The van der Waals surface area contributed by atoms with E-state index in [9.17, 15) is 17.6 Å². The zero-order valence-corrected chi connectivity index (χ0v) is 11.5. The van der Waals surface area contributed by atoms with E-state index in [1.807, 2.05) is 0 Å². The minimum Gasteiger partial charge on any atom is -0.491 e. The lowest BCUT2D eigenvalue weighted by Gasteiger charge is -2.19. The smallest absolute Gasteiger partial charge is 0.491 e. The molecule has 1 aromatic rings. The molecular formula is C14H16F4O3. The molecule has 0 N–H and O–H groups in total. The van der Waals surface area contributed by atoms with E-state index < -0.39 is 17.9 Å². The van der Waals surface area contributed by atoms with Crippen LogP contribution in [0.25, 0.3) is 0 Å². The van der Waals surface area contributed by atoms with Gasteiger partial charge in [0.25, 0.3) is 0 Å². The minimum absolute atomic E-state index is 0.130. The van der Waals surface area contributed by atoms with Gasteiger partial charge in [-0.05, 0) is 44.7 Å². The van der Waals surface area contributed by atoms with Gasteiger partial charge < -0.3 is 14.2 Å². The molecule has 21 heavy (non-hydrogen) atoms. The first-order valence-corrected chi connectivity index (χ1v) is 6.78. The highest BCUT2D eigenvalue weighted by Crippen LogP contribution is 2.40. The van der Waals surface area contributed by atoms with Gasteiger partial charge in [0.05, 0.1) is 12.7 Å². The molecule has 1 aromatic carbocycles. The summed E-state index contributed by atoms with van der Waals surface area (Å²) in [6.45, 7) is 1.73. The maximum atomic E-state index is 14.1. The van der Waals surface area contributed by atoms with Gasteiger partial charge in [-0.25, -0.2) is 0 Å². The Morgan fingerprint density at radius 2 is 1.76 bits per heavy atom. The van der Waals surface area contributed by atoms with Crippen molar-refractivity contribution >= 4 is 0 Å². The predicted octanol–water partition coefficient (Wildman–Crippen LogP) is 4.44. The van der Waals surface area contributed by atoms with Gasteiger partial charge in [0.2, 0.25) is 11.6 Å². The Kier molecular flexibility index (Phi) is 4.80. The van der Waals surface area contributed by atoms with E-state index in [4.69, 9.17) is 9.47 Å². The lowest BCUT2D eigenvalue weighted by atomic mass is 10.2. The summed E-state index contributed by atoms with van der Waals surface area (Å²) < 4.78 is 65.6. The fraction of sp³-hybridized carbons (Fsp3) is 0.571. The second-order valence-corrected chi connectivity index (χ2v) is 4.71. The van der Waals surface area contributed by atoms with E-state index in [2.05, 4.69) is 4.74 Å². The molecule has 0 saturated heterocycles. The summed E-state index contributed by atoms with van der Waals surface area (Å²) in [6, 6.07) is 2.49. The molecule has 0 spiro atoms. The molecule has 118 valence electrons. The molecule has 0 aromatic heterocycles. The summed E-state index contributed by atoms with van der Waals surface area (Å²) in [5, 5.41) is 0. The van der Waals surface area contributed by atoms with E-state index in [-0.39, 0.29) is 24.2 Å². The molecule has 0 atom stereocenters. The Balaban J connectivity index is 2.30. The molecule has 1 saturated carbocycles. The van der Waals surface area contributed by atoms with Crippen molar-refractivity contribution in [1.29, 1.82) is 0 Å². The lowest BCUT2D eigenvalue weighted by molar-refractivity contribution is -0.276. The molecule has 0 heterocycles. The molecule has 0 bridgehead atoms. The van der Waals surface area contributed by atoms with Gasteiger partial charge in [0, 0.05) is 0 Å². The highest BCUT2D eigenvalue weighted by atomic mass is 19.4. The molecule has 1 aliphatic carbocycles. The molecule has 1 aliphatic rings. The molecular weight excluding hydrogens is 292 g/mol. The van der Waals surface area contributed by atoms with Crippen LogP contribution in [-0.4, -0.2) is 19.1 Å². The highest BCUT2D eigenvalue weighted by Gasteiger charge is 2.35. The molecule has 0 amide bonds. The fourth-order valence-electron chi connectivity index (χ4n) is 2.28. The molecule has 3 nitrogen and oxygen atoms in total. The first-order valence-electron chi connectivity index (χ1n) is 6.78. The zero-order valence-electron chi connectivity index (χ0n) is 11.5. The summed E-state index contributed by atoms with van der Waals surface area (Å²) >= 11 is 0. The van der Waals surface area contributed by atoms with Crippen LogP contribution in [0.1, 0.15) is 32.6 Å². The zero-order chi connectivity index (χ0) is 15.5. The molecule has 2 rings (SSSR count). The van der Waals surface area contributed by atoms with Crippen molar-refractivity contribution in [3.8, 4) is 17.2 Å². The van der Waals surface area contributed by atoms with E-state index in [0.717, 1.165) is 25.7 Å². The van der Waals surface area contributed by atoms with E-state index >= 15 is 0 Å². The van der Waals surface area contributed by atoms with Crippen molar-refractivity contribution in [1.82, 2.24) is 0 Å². The van der Waals surface area contributed by atoms with Gasteiger partial charge in [0.15, 0.2) is 11.5 Å². The van der Waals surface area contributed by atoms with Crippen molar-refractivity contribution in [3.05, 3.63) is 17.9 Å². The van der Waals surface area contributed by atoms with Crippen molar-refractivity contribution in [3.63, 3.8) is 0 Å². The SMILES string of the molecule is CCOc1ccc(OC2CCCC2)c(OC(F)(F)F)c1F. The third-order valence-electron chi connectivity index (χ3n) is 3.14. The Morgan fingerprint density at radius 1 is 1.14 bits per heavy atom. The van der Waals surface area contributed by atoms with Gasteiger partial charge in [0.1, 0.15) is 0 Å². The van der Waals surface area contributed by atoms with Crippen LogP contribution in [0.2, 0.25) is 0 Å². The maximum Gasteiger partial charge on any atom is 0.573 e. The van der Waals surface area contributed by atoms with Gasteiger partial charge in [-0.15, -0.1) is 13.2 Å². The number of halogens is 4. The summed E-state index contributed by atoms with van der Waals surface area (Å²) in [5.41, 5.74) is 0. The van der Waals surface area contributed by atoms with E-state index in [0.29, 0.717) is 0 Å². The number of benzene rings is 1. The number of ether oxygens (including phenoxy) is 3. The van der Waals surface area contributed by atoms with Crippen LogP contribution in [0.4, 0.5) is 17.6 Å². The third-order valence-corrected chi connectivity index (χ3v) is 3.14. The standard InChI is InChI=1S/C14H16F4O3/c1-2-19-10-7-8-11(20-9-5-3-4-6-9)13(12(10)15)21-14(16,17)18/h7-9H,2-6H2,1H3. The average molecular weight is 308 g/mol. The van der Waals surface area contributed by atoms with E-state index in [1.165, 1.54) is 12.1 Å². The molecule has 0 unspecified atom stereocenters. The summed E-state index contributed by atoms with van der Waals surface area (Å²) in [4.78, 5) is 0. The first-order chi connectivity index (χ1) is 9.90. The number of hydrogen-bond acceptors (Lipinski definition) is 3. The maximum absolute atomic E-state index is 14.1. The fourth-order valence-corrected chi connectivity index (χ4v) is 2.28. The normalized spacial score (nSPS) is 16.0. The second-order valence-electron chi connectivity index (χ2n) is 4.71. The Morgan fingerprint density at radius 3 is 2.33 bits per heavy atom. The number of hydrogen-bond donors (Lipinski definition) is 0. The van der Waals surface area contributed by atoms with E-state index in [1.54, 1.807) is 6.92 Å². The molecule has 1 fully saturated rings. The van der Waals surface area contributed by atoms with Crippen molar-refractivity contribution in [2.24, 2.45) is 0 Å². The summed E-state index contributed by atoms with van der Waals surface area (Å²) in [7, 11) is 0. The Hall–Kier alpha value is -1.66. The Bertz CT molecular complexity index is 482. The number of rotatable bonds is 5. The molecule has 0 radical (unpaired) electrons. The van der Waals surface area contributed by atoms with Crippen LogP contribution in [-0.2, 0) is 0 Å². The van der Waals surface area contributed by atoms with Crippen molar-refractivity contribution < 1.29 is 31.8 Å². The number of alkyl halides is 3. The van der Waals surface area contributed by atoms with Crippen LogP contribution in [0.5, 0.6) is 17.2 Å². The van der Waals surface area contributed by atoms with Crippen LogP contribution in [0.15, 0.2) is 12.1 Å². The van der Waals surface area contributed by atoms with Gasteiger partial charge in [-0.2, -0.15) is 4.39 Å². The topological polar surface area (TPSA) is 27.7 Å². The average Bonchev–Trinajstić information content (AvgIpc) is 2.89. The predicted molar refractivity (Wildman–Crippen MR) is 67.1 cm³/mol.